The van der Waals surface area contributed by atoms with Crippen molar-refractivity contribution in [2.75, 3.05) is 26.2 Å². The summed E-state index contributed by atoms with van der Waals surface area (Å²) < 4.78 is 0. The minimum absolute atomic E-state index is 0.0694. The maximum absolute atomic E-state index is 12.7. The molecule has 0 spiro atoms. The van der Waals surface area contributed by atoms with Crippen molar-refractivity contribution < 1.29 is 9.59 Å². The average molecular weight is 380 g/mol. The van der Waals surface area contributed by atoms with Gasteiger partial charge < -0.3 is 15.5 Å². The van der Waals surface area contributed by atoms with E-state index in [9.17, 15) is 9.59 Å². The largest absolute Gasteiger partial charge is 0.339 e. The van der Waals surface area contributed by atoms with Crippen LogP contribution < -0.4 is 5.73 Å². The minimum Gasteiger partial charge on any atom is -0.339 e. The van der Waals surface area contributed by atoms with E-state index in [1.165, 1.54) is 5.56 Å². The molecular formula is C23H29N3O2. The third kappa shape index (κ3) is 5.20. The fourth-order valence-electron chi connectivity index (χ4n) is 3.54. The van der Waals surface area contributed by atoms with Crippen LogP contribution in [-0.2, 0) is 16.0 Å². The number of benzene rings is 2. The van der Waals surface area contributed by atoms with Gasteiger partial charge in [-0.25, -0.2) is 0 Å². The van der Waals surface area contributed by atoms with Gasteiger partial charge in [0, 0.05) is 32.6 Å². The fraction of sp³-hybridized carbons (Fsp3) is 0.391. The molecule has 1 fully saturated rings. The Bertz CT molecular complexity index is 781. The lowest BCUT2D eigenvalue weighted by Crippen LogP contribution is -2.52. The summed E-state index contributed by atoms with van der Waals surface area (Å²) in [7, 11) is 0. The number of rotatable bonds is 6. The van der Waals surface area contributed by atoms with E-state index in [4.69, 9.17) is 5.73 Å². The van der Waals surface area contributed by atoms with Gasteiger partial charge in [-0.15, -0.1) is 0 Å². The number of carbonyl (C=O) groups is 2. The van der Waals surface area contributed by atoms with Crippen LogP contribution in [-0.4, -0.2) is 47.8 Å². The van der Waals surface area contributed by atoms with Crippen molar-refractivity contribution in [3.63, 3.8) is 0 Å². The molecule has 0 bridgehead atoms. The van der Waals surface area contributed by atoms with Crippen LogP contribution >= 0.6 is 0 Å². The highest BCUT2D eigenvalue weighted by Crippen LogP contribution is 2.16. The van der Waals surface area contributed by atoms with Crippen molar-refractivity contribution in [3.05, 3.63) is 71.3 Å². The van der Waals surface area contributed by atoms with Gasteiger partial charge in [0.05, 0.1) is 0 Å². The Morgan fingerprint density at radius 3 is 2.18 bits per heavy atom. The topological polar surface area (TPSA) is 66.6 Å². The fourth-order valence-corrected chi connectivity index (χ4v) is 3.54. The first-order chi connectivity index (χ1) is 13.5. The summed E-state index contributed by atoms with van der Waals surface area (Å²) in [4.78, 5) is 28.8. The molecule has 1 atom stereocenters. The maximum atomic E-state index is 12.7. The number of hydrogen-bond acceptors (Lipinski definition) is 3. The van der Waals surface area contributed by atoms with E-state index in [0.717, 1.165) is 24.0 Å². The molecular weight excluding hydrogens is 350 g/mol. The summed E-state index contributed by atoms with van der Waals surface area (Å²) >= 11 is 0. The van der Waals surface area contributed by atoms with Crippen LogP contribution in [0.2, 0.25) is 0 Å². The second-order valence-electron chi connectivity index (χ2n) is 7.43. The molecule has 148 valence electrons. The lowest BCUT2D eigenvalue weighted by molar-refractivity contribution is -0.140. The second-order valence-corrected chi connectivity index (χ2v) is 7.43. The first-order valence-electron chi connectivity index (χ1n) is 9.97. The number of nitrogens with zero attached hydrogens (tertiary/aromatic N) is 2. The molecule has 1 aliphatic heterocycles. The average Bonchev–Trinajstić information content (AvgIpc) is 2.74. The lowest BCUT2D eigenvalue weighted by Gasteiger charge is -2.36. The van der Waals surface area contributed by atoms with Gasteiger partial charge in [0.2, 0.25) is 11.8 Å². The molecule has 5 heteroatoms. The summed E-state index contributed by atoms with van der Waals surface area (Å²) in [5.74, 6) is 0.103. The van der Waals surface area contributed by atoms with Crippen molar-refractivity contribution in [2.45, 2.75) is 32.2 Å². The predicted molar refractivity (Wildman–Crippen MR) is 111 cm³/mol. The number of aryl methyl sites for hydroxylation is 2. The van der Waals surface area contributed by atoms with Gasteiger partial charge in [0.1, 0.15) is 6.04 Å². The van der Waals surface area contributed by atoms with Gasteiger partial charge in [0.25, 0.3) is 0 Å². The highest BCUT2D eigenvalue weighted by atomic mass is 16.2. The van der Waals surface area contributed by atoms with E-state index in [1.807, 2.05) is 54.3 Å². The molecule has 5 nitrogen and oxygen atoms in total. The molecule has 2 amide bonds. The summed E-state index contributed by atoms with van der Waals surface area (Å²) in [5, 5.41) is 0. The van der Waals surface area contributed by atoms with E-state index in [0.29, 0.717) is 32.6 Å². The third-order valence-electron chi connectivity index (χ3n) is 5.35. The Hall–Kier alpha value is -2.66. The first kappa shape index (κ1) is 20.1. The molecule has 2 aromatic carbocycles. The summed E-state index contributed by atoms with van der Waals surface area (Å²) in [6.07, 6.45) is 2.31. The summed E-state index contributed by atoms with van der Waals surface area (Å²) in [5.41, 5.74) is 9.39. The third-order valence-corrected chi connectivity index (χ3v) is 5.35. The molecule has 1 aliphatic rings. The van der Waals surface area contributed by atoms with E-state index < -0.39 is 6.04 Å². The predicted octanol–water partition coefficient (Wildman–Crippen LogP) is 2.69. The quantitative estimate of drug-likeness (QED) is 0.839. The van der Waals surface area contributed by atoms with Crippen molar-refractivity contribution in [2.24, 2.45) is 5.73 Å². The van der Waals surface area contributed by atoms with Crippen molar-refractivity contribution in [3.8, 4) is 0 Å². The Kier molecular flexibility index (Phi) is 6.82. The minimum atomic E-state index is -0.645. The maximum Gasteiger partial charge on any atom is 0.244 e. The van der Waals surface area contributed by atoms with E-state index in [1.54, 1.807) is 4.90 Å². The van der Waals surface area contributed by atoms with Crippen molar-refractivity contribution in [1.29, 1.82) is 0 Å². The molecule has 2 N–H and O–H groups in total. The van der Waals surface area contributed by atoms with Gasteiger partial charge in [-0.2, -0.15) is 0 Å². The molecule has 0 radical (unpaired) electrons. The van der Waals surface area contributed by atoms with Gasteiger partial charge in [-0.3, -0.25) is 9.59 Å². The van der Waals surface area contributed by atoms with Gasteiger partial charge in [-0.05, 0) is 30.9 Å². The highest BCUT2D eigenvalue weighted by molar-refractivity contribution is 5.83. The Balaban J connectivity index is 1.43. The monoisotopic (exact) mass is 379 g/mol. The number of carbonyl (C=O) groups excluding carboxylic acids is 2. The zero-order chi connectivity index (χ0) is 19.9. The van der Waals surface area contributed by atoms with Crippen LogP contribution in [0.4, 0.5) is 0 Å². The second kappa shape index (κ2) is 9.51. The number of piperazine rings is 1. The van der Waals surface area contributed by atoms with E-state index >= 15 is 0 Å². The van der Waals surface area contributed by atoms with Gasteiger partial charge in [0.15, 0.2) is 0 Å². The van der Waals surface area contributed by atoms with Crippen LogP contribution in [0.25, 0.3) is 0 Å². The van der Waals surface area contributed by atoms with Crippen molar-refractivity contribution in [1.82, 2.24) is 9.80 Å². The van der Waals surface area contributed by atoms with Crippen molar-refractivity contribution >= 4 is 11.8 Å². The zero-order valence-corrected chi connectivity index (χ0v) is 16.5. The number of hydrogen-bond donors (Lipinski definition) is 1. The Morgan fingerprint density at radius 2 is 1.54 bits per heavy atom. The number of amides is 2. The summed E-state index contributed by atoms with van der Waals surface area (Å²) in [6.45, 7) is 4.26. The lowest BCUT2D eigenvalue weighted by atomic mass is 10.0. The molecule has 0 aliphatic carbocycles. The Morgan fingerprint density at radius 1 is 0.929 bits per heavy atom. The molecule has 1 saturated heterocycles. The van der Waals surface area contributed by atoms with Crippen LogP contribution in [0.5, 0.6) is 0 Å². The van der Waals surface area contributed by atoms with E-state index in [-0.39, 0.29) is 11.8 Å². The van der Waals surface area contributed by atoms with Gasteiger partial charge >= 0.3 is 0 Å². The summed E-state index contributed by atoms with van der Waals surface area (Å²) in [6, 6.07) is 17.3. The van der Waals surface area contributed by atoms with Crippen LogP contribution in [0.1, 0.15) is 35.6 Å². The molecule has 1 heterocycles. The van der Waals surface area contributed by atoms with Crippen LogP contribution in [0, 0.1) is 6.92 Å². The van der Waals surface area contributed by atoms with E-state index in [2.05, 4.69) is 12.1 Å². The van der Waals surface area contributed by atoms with Crippen LogP contribution in [0.3, 0.4) is 0 Å². The normalized spacial score (nSPS) is 15.4. The van der Waals surface area contributed by atoms with Gasteiger partial charge in [-0.1, -0.05) is 60.2 Å². The molecule has 0 aromatic heterocycles. The zero-order valence-electron chi connectivity index (χ0n) is 16.5. The highest BCUT2D eigenvalue weighted by Gasteiger charge is 2.27. The van der Waals surface area contributed by atoms with Crippen LogP contribution in [0.15, 0.2) is 54.6 Å². The standard InChI is InChI=1S/C23H29N3O2/c1-18-10-12-20(13-11-18)22(24)23(28)26-16-14-25(15-17-26)21(27)9-5-8-19-6-3-2-4-7-19/h2-4,6-7,10-13,22H,5,8-9,14-17,24H2,1H3. The molecule has 0 saturated carbocycles. The smallest absolute Gasteiger partial charge is 0.244 e. The molecule has 28 heavy (non-hydrogen) atoms. The SMILES string of the molecule is Cc1ccc(C(N)C(=O)N2CCN(C(=O)CCCc3ccccc3)CC2)cc1. The Labute approximate surface area is 167 Å². The molecule has 1 unspecified atom stereocenters. The molecule has 3 rings (SSSR count). The molecule has 2 aromatic rings. The number of nitrogens with two attached hydrogens (primary N) is 1. The first-order valence-corrected chi connectivity index (χ1v) is 9.97.